The average Bonchev–Trinajstić information content (AvgIpc) is 2.85. The third kappa shape index (κ3) is 2.74. The van der Waals surface area contributed by atoms with Gasteiger partial charge in [0.1, 0.15) is 0 Å². The second kappa shape index (κ2) is 5.45. The van der Waals surface area contributed by atoms with Crippen LogP contribution in [0.2, 0.25) is 0 Å². The monoisotopic (exact) mass is 315 g/mol. The topological polar surface area (TPSA) is 12.0 Å². The molecular formula is C12H14BrNS2. The minimum Gasteiger partial charge on any atom is -0.312 e. The Bertz CT molecular complexity index is 461. The van der Waals surface area contributed by atoms with Crippen LogP contribution in [0.25, 0.3) is 0 Å². The first-order chi connectivity index (χ1) is 7.70. The van der Waals surface area contributed by atoms with Gasteiger partial charge in [-0.05, 0) is 53.5 Å². The molecule has 4 heteroatoms. The molecule has 0 aliphatic rings. The van der Waals surface area contributed by atoms with Gasteiger partial charge in [-0.1, -0.05) is 0 Å². The molecule has 0 aromatic carbocycles. The third-order valence-electron chi connectivity index (χ3n) is 2.53. The molecule has 86 valence electrons. The van der Waals surface area contributed by atoms with Gasteiger partial charge in [0.25, 0.3) is 0 Å². The maximum absolute atomic E-state index is 3.59. The van der Waals surface area contributed by atoms with Crippen molar-refractivity contribution in [2.24, 2.45) is 0 Å². The van der Waals surface area contributed by atoms with Crippen molar-refractivity contribution in [2.75, 3.05) is 7.05 Å². The van der Waals surface area contributed by atoms with E-state index >= 15 is 0 Å². The molecule has 0 aliphatic carbocycles. The van der Waals surface area contributed by atoms with Crippen molar-refractivity contribution in [3.63, 3.8) is 0 Å². The fourth-order valence-electron chi connectivity index (χ4n) is 1.64. The fraction of sp³-hybridized carbons (Fsp3) is 0.333. The normalized spacial score (nSPS) is 12.9. The summed E-state index contributed by atoms with van der Waals surface area (Å²) in [6.07, 6.45) is 1.05. The molecule has 0 spiro atoms. The molecule has 1 nitrogen and oxygen atoms in total. The van der Waals surface area contributed by atoms with Crippen LogP contribution >= 0.6 is 38.6 Å². The van der Waals surface area contributed by atoms with Crippen LogP contribution in [0.5, 0.6) is 0 Å². The van der Waals surface area contributed by atoms with E-state index in [-0.39, 0.29) is 0 Å². The van der Waals surface area contributed by atoms with Crippen LogP contribution < -0.4 is 5.32 Å². The lowest BCUT2D eigenvalue weighted by atomic mass is 10.1. The van der Waals surface area contributed by atoms with E-state index in [0.717, 1.165) is 6.42 Å². The van der Waals surface area contributed by atoms with Crippen molar-refractivity contribution in [3.05, 3.63) is 42.7 Å². The smallest absolute Gasteiger partial charge is 0.0461 e. The van der Waals surface area contributed by atoms with Crippen LogP contribution in [-0.2, 0) is 6.42 Å². The molecular weight excluding hydrogens is 302 g/mol. The lowest BCUT2D eigenvalue weighted by Gasteiger charge is -2.13. The number of aryl methyl sites for hydroxylation is 1. The number of halogens is 1. The molecule has 1 unspecified atom stereocenters. The Hall–Kier alpha value is -0.160. The molecule has 2 heterocycles. The number of likely N-dealkylation sites (N-methyl/N-ethyl adjacent to an activating group) is 1. The van der Waals surface area contributed by atoms with Gasteiger partial charge in [-0.2, -0.15) is 0 Å². The first-order valence-electron chi connectivity index (χ1n) is 5.16. The Labute approximate surface area is 113 Å². The molecule has 0 fully saturated rings. The highest BCUT2D eigenvalue weighted by molar-refractivity contribution is 9.10. The van der Waals surface area contributed by atoms with Gasteiger partial charge in [-0.25, -0.2) is 0 Å². The van der Waals surface area contributed by atoms with Gasteiger partial charge in [0.15, 0.2) is 0 Å². The van der Waals surface area contributed by atoms with Gasteiger partial charge < -0.3 is 5.32 Å². The number of rotatable bonds is 4. The van der Waals surface area contributed by atoms with E-state index in [1.807, 2.05) is 29.7 Å². The summed E-state index contributed by atoms with van der Waals surface area (Å²) in [6, 6.07) is 6.96. The Balaban J connectivity index is 2.15. The second-order valence-corrected chi connectivity index (χ2v) is 6.86. The van der Waals surface area contributed by atoms with E-state index in [1.165, 1.54) is 19.1 Å². The summed E-state index contributed by atoms with van der Waals surface area (Å²) in [7, 11) is 2.03. The molecule has 0 aliphatic heterocycles. The molecule has 0 radical (unpaired) electrons. The van der Waals surface area contributed by atoms with Crippen molar-refractivity contribution >= 4 is 38.6 Å². The number of hydrogen-bond donors (Lipinski definition) is 1. The van der Waals surface area contributed by atoms with Gasteiger partial charge in [0.2, 0.25) is 0 Å². The van der Waals surface area contributed by atoms with Crippen molar-refractivity contribution < 1.29 is 0 Å². The molecule has 1 atom stereocenters. The predicted molar refractivity (Wildman–Crippen MR) is 76.6 cm³/mol. The van der Waals surface area contributed by atoms with Crippen LogP contribution in [0.1, 0.15) is 20.7 Å². The van der Waals surface area contributed by atoms with E-state index in [1.54, 1.807) is 0 Å². The summed E-state index contributed by atoms with van der Waals surface area (Å²) in [5.41, 5.74) is 0. The van der Waals surface area contributed by atoms with Crippen molar-refractivity contribution in [1.82, 2.24) is 5.32 Å². The molecule has 2 rings (SSSR count). The largest absolute Gasteiger partial charge is 0.312 e. The average molecular weight is 316 g/mol. The maximum atomic E-state index is 3.59. The molecule has 1 N–H and O–H groups in total. The highest BCUT2D eigenvalue weighted by Crippen LogP contribution is 2.30. The molecule has 2 aromatic heterocycles. The third-order valence-corrected chi connectivity index (χ3v) is 5.60. The van der Waals surface area contributed by atoms with Crippen LogP contribution in [0.15, 0.2) is 28.1 Å². The van der Waals surface area contributed by atoms with E-state index in [2.05, 4.69) is 51.7 Å². The predicted octanol–water partition coefficient (Wildman–Crippen LogP) is 4.38. The van der Waals surface area contributed by atoms with Crippen molar-refractivity contribution in [2.45, 2.75) is 19.4 Å². The minimum absolute atomic E-state index is 0.425. The van der Waals surface area contributed by atoms with E-state index < -0.39 is 0 Å². The quantitative estimate of drug-likeness (QED) is 0.882. The molecule has 0 bridgehead atoms. The number of hydrogen-bond acceptors (Lipinski definition) is 3. The second-order valence-electron chi connectivity index (χ2n) is 3.69. The Morgan fingerprint density at radius 3 is 2.69 bits per heavy atom. The first-order valence-corrected chi connectivity index (χ1v) is 7.65. The fourth-order valence-corrected chi connectivity index (χ4v) is 4.19. The van der Waals surface area contributed by atoms with E-state index in [0.29, 0.717) is 6.04 Å². The first kappa shape index (κ1) is 12.3. The molecule has 0 saturated carbocycles. The number of thiophene rings is 2. The van der Waals surface area contributed by atoms with Crippen LogP contribution in [0.4, 0.5) is 0 Å². The summed E-state index contributed by atoms with van der Waals surface area (Å²) in [5.74, 6) is 0. The van der Waals surface area contributed by atoms with Crippen molar-refractivity contribution in [1.29, 1.82) is 0 Å². The molecule has 0 amide bonds. The van der Waals surface area contributed by atoms with Crippen LogP contribution in [0.3, 0.4) is 0 Å². The van der Waals surface area contributed by atoms with Gasteiger partial charge >= 0.3 is 0 Å². The van der Waals surface area contributed by atoms with Crippen LogP contribution in [-0.4, -0.2) is 7.05 Å². The molecule has 0 saturated heterocycles. The van der Waals surface area contributed by atoms with Crippen LogP contribution in [0, 0.1) is 6.92 Å². The standard InChI is InChI=1S/C12H14BrNS2/c1-8-3-4-11(16-8)10(14-2)7-12-9(13)5-6-15-12/h3-6,10,14H,7H2,1-2H3. The summed E-state index contributed by atoms with van der Waals surface area (Å²) in [4.78, 5) is 4.20. The summed E-state index contributed by atoms with van der Waals surface area (Å²) < 4.78 is 1.23. The minimum atomic E-state index is 0.425. The highest BCUT2D eigenvalue weighted by atomic mass is 79.9. The summed E-state index contributed by atoms with van der Waals surface area (Å²) >= 11 is 7.28. The molecule has 2 aromatic rings. The van der Waals surface area contributed by atoms with E-state index in [4.69, 9.17) is 0 Å². The Morgan fingerprint density at radius 1 is 1.38 bits per heavy atom. The van der Waals surface area contributed by atoms with Crippen molar-refractivity contribution in [3.8, 4) is 0 Å². The highest BCUT2D eigenvalue weighted by Gasteiger charge is 2.14. The van der Waals surface area contributed by atoms with Gasteiger partial charge in [0.05, 0.1) is 0 Å². The summed E-state index contributed by atoms with van der Waals surface area (Å²) in [6.45, 7) is 2.15. The zero-order chi connectivity index (χ0) is 11.5. The lowest BCUT2D eigenvalue weighted by Crippen LogP contribution is -2.17. The van der Waals surface area contributed by atoms with E-state index in [9.17, 15) is 0 Å². The SMILES string of the molecule is CNC(Cc1sccc1Br)c1ccc(C)s1. The summed E-state index contributed by atoms with van der Waals surface area (Å²) in [5, 5.41) is 5.52. The Kier molecular flexibility index (Phi) is 4.19. The van der Waals surface area contributed by atoms with Gasteiger partial charge in [-0.3, -0.25) is 0 Å². The maximum Gasteiger partial charge on any atom is 0.0461 e. The number of nitrogens with one attached hydrogen (secondary N) is 1. The van der Waals surface area contributed by atoms with Gasteiger partial charge in [0, 0.05) is 31.6 Å². The lowest BCUT2D eigenvalue weighted by molar-refractivity contribution is 0.606. The molecule has 16 heavy (non-hydrogen) atoms. The Morgan fingerprint density at radius 2 is 2.19 bits per heavy atom. The zero-order valence-corrected chi connectivity index (χ0v) is 12.5. The zero-order valence-electron chi connectivity index (χ0n) is 9.29. The van der Waals surface area contributed by atoms with Gasteiger partial charge in [-0.15, -0.1) is 22.7 Å².